The molecule has 0 spiro atoms. The van der Waals surface area contributed by atoms with Crippen molar-refractivity contribution in [2.24, 2.45) is 0 Å². The summed E-state index contributed by atoms with van der Waals surface area (Å²) in [5.74, 6) is 0. The lowest BCUT2D eigenvalue weighted by atomic mass is 9.87. The van der Waals surface area contributed by atoms with Crippen molar-refractivity contribution in [2.45, 2.75) is 33.1 Å². The fraction of sp³-hybridized carbons (Fsp3) is 0.217. The van der Waals surface area contributed by atoms with Crippen LogP contribution in [0.4, 0.5) is 5.69 Å². The SMILES string of the molecule is C=CC1=C(C=C)N(c2ccc3c(c2)CC3)C(/C=C\C)=C(/C=C\C)C1. The van der Waals surface area contributed by atoms with E-state index in [1.165, 1.54) is 46.5 Å². The third-order valence-corrected chi connectivity index (χ3v) is 4.76. The van der Waals surface area contributed by atoms with Gasteiger partial charge in [-0.1, -0.05) is 43.5 Å². The van der Waals surface area contributed by atoms with Crippen LogP contribution in [0.3, 0.4) is 0 Å². The molecule has 0 fully saturated rings. The van der Waals surface area contributed by atoms with Gasteiger partial charge in [0.2, 0.25) is 0 Å². The molecule has 1 aromatic rings. The maximum absolute atomic E-state index is 4.07. The van der Waals surface area contributed by atoms with Gasteiger partial charge in [0.05, 0.1) is 0 Å². The summed E-state index contributed by atoms with van der Waals surface area (Å²) in [5, 5.41) is 0. The quantitative estimate of drug-likeness (QED) is 0.641. The van der Waals surface area contributed by atoms with Crippen molar-refractivity contribution in [1.82, 2.24) is 0 Å². The van der Waals surface area contributed by atoms with Crippen molar-refractivity contribution in [2.75, 3.05) is 4.90 Å². The Morgan fingerprint density at radius 2 is 1.62 bits per heavy atom. The van der Waals surface area contributed by atoms with Crippen LogP contribution in [0.15, 0.2) is 90.4 Å². The Morgan fingerprint density at radius 3 is 2.17 bits per heavy atom. The van der Waals surface area contributed by atoms with Crippen LogP contribution in [0.25, 0.3) is 0 Å². The Hall–Kier alpha value is -2.54. The van der Waals surface area contributed by atoms with Gasteiger partial charge in [-0.15, -0.1) is 0 Å². The number of hydrogen-bond donors (Lipinski definition) is 0. The van der Waals surface area contributed by atoms with Crippen molar-refractivity contribution in [3.8, 4) is 0 Å². The highest BCUT2D eigenvalue weighted by Crippen LogP contribution is 2.39. The Bertz CT molecular complexity index is 799. The molecule has 0 aromatic heterocycles. The first-order chi connectivity index (χ1) is 11.7. The molecule has 1 aliphatic heterocycles. The molecule has 24 heavy (non-hydrogen) atoms. The molecule has 0 N–H and O–H groups in total. The number of anilines is 1. The minimum atomic E-state index is 0.885. The van der Waals surface area contributed by atoms with E-state index in [4.69, 9.17) is 0 Å². The molecule has 1 heteroatoms. The molecule has 1 nitrogen and oxygen atoms in total. The van der Waals surface area contributed by atoms with Crippen molar-refractivity contribution in [1.29, 1.82) is 0 Å². The zero-order valence-electron chi connectivity index (χ0n) is 14.7. The molecule has 122 valence electrons. The summed E-state index contributed by atoms with van der Waals surface area (Å²) in [5.41, 5.74) is 9.02. The fourth-order valence-electron chi connectivity index (χ4n) is 3.49. The average Bonchev–Trinajstić information content (AvgIpc) is 2.57. The number of fused-ring (bicyclic) bond motifs is 1. The number of hydrogen-bond acceptors (Lipinski definition) is 1. The standard InChI is InChI=1S/C23H25N/c1-5-9-20-15-17(7-3)22(8-4)24(23(20)10-6-2)21-14-13-18-11-12-19(18)16-21/h5-10,13-14,16H,3-4,11-12,15H2,1-2H3/b9-5-,10-6-. The molecule has 0 unspecified atom stereocenters. The summed E-state index contributed by atoms with van der Waals surface area (Å²) < 4.78 is 0. The maximum Gasteiger partial charge on any atom is 0.0493 e. The van der Waals surface area contributed by atoms with E-state index in [9.17, 15) is 0 Å². The molecular weight excluding hydrogens is 290 g/mol. The zero-order valence-corrected chi connectivity index (χ0v) is 14.7. The number of rotatable bonds is 5. The van der Waals surface area contributed by atoms with E-state index in [1.54, 1.807) is 0 Å². The van der Waals surface area contributed by atoms with Gasteiger partial charge in [-0.05, 0) is 73.2 Å². The van der Waals surface area contributed by atoms with Gasteiger partial charge in [0.25, 0.3) is 0 Å². The van der Waals surface area contributed by atoms with E-state index in [1.807, 2.05) is 12.2 Å². The first-order valence-corrected chi connectivity index (χ1v) is 8.62. The van der Waals surface area contributed by atoms with Crippen molar-refractivity contribution < 1.29 is 0 Å². The van der Waals surface area contributed by atoms with Crippen LogP contribution in [0.5, 0.6) is 0 Å². The fourth-order valence-corrected chi connectivity index (χ4v) is 3.49. The van der Waals surface area contributed by atoms with Crippen molar-refractivity contribution in [3.63, 3.8) is 0 Å². The molecule has 0 bridgehead atoms. The summed E-state index contributed by atoms with van der Waals surface area (Å²) in [6.07, 6.45) is 15.8. The van der Waals surface area contributed by atoms with Crippen LogP contribution in [-0.2, 0) is 12.8 Å². The Balaban J connectivity index is 2.21. The predicted octanol–water partition coefficient (Wildman–Crippen LogP) is 6.03. The minimum absolute atomic E-state index is 0.885. The third kappa shape index (κ3) is 2.71. The van der Waals surface area contributed by atoms with Crippen LogP contribution >= 0.6 is 0 Å². The lowest BCUT2D eigenvalue weighted by Crippen LogP contribution is -2.26. The first-order valence-electron chi connectivity index (χ1n) is 8.62. The first kappa shape index (κ1) is 16.3. The number of benzene rings is 1. The van der Waals surface area contributed by atoms with Crippen LogP contribution in [0, 0.1) is 0 Å². The molecule has 2 aliphatic rings. The smallest absolute Gasteiger partial charge is 0.0493 e. The molecule has 0 amide bonds. The molecule has 1 aromatic carbocycles. The largest absolute Gasteiger partial charge is 0.310 e. The molecular formula is C23H25N. The summed E-state index contributed by atoms with van der Waals surface area (Å²) in [6, 6.07) is 6.81. The van der Waals surface area contributed by atoms with E-state index in [0.717, 1.165) is 12.1 Å². The number of allylic oxidation sites excluding steroid dienone is 8. The van der Waals surface area contributed by atoms with Crippen molar-refractivity contribution in [3.05, 3.63) is 101 Å². The Morgan fingerprint density at radius 1 is 0.875 bits per heavy atom. The van der Waals surface area contributed by atoms with Gasteiger partial charge in [-0.3, -0.25) is 0 Å². The van der Waals surface area contributed by atoms with Crippen LogP contribution < -0.4 is 4.90 Å². The van der Waals surface area contributed by atoms with Crippen LogP contribution in [0.1, 0.15) is 31.4 Å². The minimum Gasteiger partial charge on any atom is -0.310 e. The Labute approximate surface area is 145 Å². The predicted molar refractivity (Wildman–Crippen MR) is 105 cm³/mol. The lowest BCUT2D eigenvalue weighted by molar-refractivity contribution is 0.837. The van der Waals surface area contributed by atoms with Gasteiger partial charge in [-0.25, -0.2) is 0 Å². The van der Waals surface area contributed by atoms with Gasteiger partial charge in [0.1, 0.15) is 0 Å². The van der Waals surface area contributed by atoms with Gasteiger partial charge in [-0.2, -0.15) is 0 Å². The molecule has 0 radical (unpaired) electrons. The molecule has 1 heterocycles. The summed E-state index contributed by atoms with van der Waals surface area (Å²) in [4.78, 5) is 2.32. The summed E-state index contributed by atoms with van der Waals surface area (Å²) >= 11 is 0. The second-order valence-electron chi connectivity index (χ2n) is 6.19. The van der Waals surface area contributed by atoms with E-state index in [-0.39, 0.29) is 0 Å². The normalized spacial score (nSPS) is 17.5. The lowest BCUT2D eigenvalue weighted by Gasteiger charge is -2.35. The van der Waals surface area contributed by atoms with E-state index in [0.29, 0.717) is 0 Å². The molecule has 0 saturated carbocycles. The van der Waals surface area contributed by atoms with E-state index < -0.39 is 0 Å². The number of aryl methyl sites for hydroxylation is 2. The molecule has 0 atom stereocenters. The molecule has 3 rings (SSSR count). The van der Waals surface area contributed by atoms with Gasteiger partial charge in [0.15, 0.2) is 0 Å². The highest BCUT2D eigenvalue weighted by Gasteiger charge is 2.25. The van der Waals surface area contributed by atoms with Crippen LogP contribution in [-0.4, -0.2) is 0 Å². The maximum atomic E-state index is 4.07. The van der Waals surface area contributed by atoms with E-state index in [2.05, 4.69) is 74.4 Å². The van der Waals surface area contributed by atoms with Gasteiger partial charge < -0.3 is 4.90 Å². The second kappa shape index (κ2) is 6.92. The Kier molecular flexibility index (Phi) is 4.71. The molecule has 1 aliphatic carbocycles. The van der Waals surface area contributed by atoms with Crippen LogP contribution in [0.2, 0.25) is 0 Å². The highest BCUT2D eigenvalue weighted by molar-refractivity contribution is 5.70. The summed E-state index contributed by atoms with van der Waals surface area (Å²) in [7, 11) is 0. The number of nitrogens with zero attached hydrogens (tertiary/aromatic N) is 1. The van der Waals surface area contributed by atoms with Gasteiger partial charge in [0, 0.05) is 23.5 Å². The third-order valence-electron chi connectivity index (χ3n) is 4.76. The highest BCUT2D eigenvalue weighted by atomic mass is 15.2. The molecule has 0 saturated heterocycles. The zero-order chi connectivity index (χ0) is 17.1. The second-order valence-corrected chi connectivity index (χ2v) is 6.19. The monoisotopic (exact) mass is 315 g/mol. The van der Waals surface area contributed by atoms with Gasteiger partial charge >= 0.3 is 0 Å². The van der Waals surface area contributed by atoms with E-state index >= 15 is 0 Å². The topological polar surface area (TPSA) is 3.24 Å². The average molecular weight is 315 g/mol. The summed E-state index contributed by atoms with van der Waals surface area (Å²) in [6.45, 7) is 12.2. The van der Waals surface area contributed by atoms with Crippen molar-refractivity contribution >= 4 is 5.69 Å².